The van der Waals surface area contributed by atoms with Gasteiger partial charge in [-0.15, -0.1) is 0 Å². The number of likely N-dealkylation sites (N-methyl/N-ethyl adjacent to an activating group) is 1. The van der Waals surface area contributed by atoms with E-state index in [2.05, 4.69) is 25.7 Å². The van der Waals surface area contributed by atoms with Crippen LogP contribution in [-0.2, 0) is 4.79 Å². The van der Waals surface area contributed by atoms with Crippen LogP contribution in [0.1, 0.15) is 27.2 Å². The number of nitrogens with zero attached hydrogens (tertiary/aromatic N) is 2. The van der Waals surface area contributed by atoms with E-state index in [0.717, 1.165) is 19.6 Å². The summed E-state index contributed by atoms with van der Waals surface area (Å²) in [4.78, 5) is 15.6. The number of rotatable bonds is 0. The molecule has 0 N–H and O–H groups in total. The average molecular weight is 184 g/mol. The fourth-order valence-electron chi connectivity index (χ4n) is 1.60. The summed E-state index contributed by atoms with van der Waals surface area (Å²) in [5.41, 5.74) is 0.186. The van der Waals surface area contributed by atoms with Crippen LogP contribution in [0.2, 0.25) is 0 Å². The zero-order valence-corrected chi connectivity index (χ0v) is 9.13. The molecule has 3 heteroatoms. The van der Waals surface area contributed by atoms with E-state index in [4.69, 9.17) is 0 Å². The molecule has 0 unspecified atom stereocenters. The molecule has 0 radical (unpaired) electrons. The third-order valence-electron chi connectivity index (χ3n) is 2.68. The smallest absolute Gasteiger partial charge is 0.223 e. The topological polar surface area (TPSA) is 23.6 Å². The van der Waals surface area contributed by atoms with Crippen molar-refractivity contribution in [3.63, 3.8) is 0 Å². The molecule has 0 bridgehead atoms. The van der Waals surface area contributed by atoms with Crippen molar-refractivity contribution >= 4 is 5.91 Å². The highest BCUT2D eigenvalue weighted by Crippen LogP contribution is 2.15. The van der Waals surface area contributed by atoms with Crippen LogP contribution < -0.4 is 0 Å². The van der Waals surface area contributed by atoms with Crippen molar-refractivity contribution in [3.8, 4) is 0 Å². The van der Waals surface area contributed by atoms with Gasteiger partial charge in [0.1, 0.15) is 0 Å². The molecule has 1 aliphatic heterocycles. The Bertz CT molecular complexity index is 196. The highest BCUT2D eigenvalue weighted by molar-refractivity contribution is 5.76. The van der Waals surface area contributed by atoms with Gasteiger partial charge in [0, 0.05) is 38.6 Å². The van der Waals surface area contributed by atoms with Gasteiger partial charge < -0.3 is 4.90 Å². The Kier molecular flexibility index (Phi) is 2.96. The minimum atomic E-state index is 0.186. The van der Waals surface area contributed by atoms with Crippen LogP contribution in [0.25, 0.3) is 0 Å². The Morgan fingerprint density at radius 2 is 1.77 bits per heavy atom. The van der Waals surface area contributed by atoms with Crippen LogP contribution >= 0.6 is 0 Å². The Labute approximate surface area is 80.7 Å². The predicted molar refractivity (Wildman–Crippen MR) is 53.6 cm³/mol. The molecule has 0 saturated carbocycles. The first-order chi connectivity index (χ1) is 5.91. The van der Waals surface area contributed by atoms with Crippen molar-refractivity contribution in [1.82, 2.24) is 9.80 Å². The maximum atomic E-state index is 11.4. The van der Waals surface area contributed by atoms with E-state index < -0.39 is 0 Å². The van der Waals surface area contributed by atoms with Gasteiger partial charge in [-0.05, 0) is 20.8 Å². The highest BCUT2D eigenvalue weighted by atomic mass is 16.2. The minimum absolute atomic E-state index is 0.186. The van der Waals surface area contributed by atoms with Gasteiger partial charge in [0.15, 0.2) is 0 Å². The van der Waals surface area contributed by atoms with Crippen LogP contribution in [0.15, 0.2) is 0 Å². The van der Waals surface area contributed by atoms with Crippen molar-refractivity contribution in [3.05, 3.63) is 0 Å². The third-order valence-corrected chi connectivity index (χ3v) is 2.68. The van der Waals surface area contributed by atoms with E-state index in [9.17, 15) is 4.79 Å². The SMILES string of the molecule is CN1CCN(C(C)(C)C)CCC1=O. The number of hydrogen-bond donors (Lipinski definition) is 0. The quantitative estimate of drug-likeness (QED) is 0.559. The first-order valence-electron chi connectivity index (χ1n) is 4.90. The summed E-state index contributed by atoms with van der Waals surface area (Å²) in [5, 5.41) is 0. The van der Waals surface area contributed by atoms with E-state index in [1.54, 1.807) is 0 Å². The molecule has 1 fully saturated rings. The van der Waals surface area contributed by atoms with Gasteiger partial charge in [-0.25, -0.2) is 0 Å². The lowest BCUT2D eigenvalue weighted by atomic mass is 10.1. The van der Waals surface area contributed by atoms with E-state index >= 15 is 0 Å². The molecule has 1 aliphatic rings. The van der Waals surface area contributed by atoms with Crippen molar-refractivity contribution in [2.24, 2.45) is 0 Å². The summed E-state index contributed by atoms with van der Waals surface area (Å²) in [6.07, 6.45) is 0.660. The second-order valence-electron chi connectivity index (χ2n) is 4.72. The summed E-state index contributed by atoms with van der Waals surface area (Å²) >= 11 is 0. The number of hydrogen-bond acceptors (Lipinski definition) is 2. The fraction of sp³-hybridized carbons (Fsp3) is 0.900. The Hall–Kier alpha value is -0.570. The van der Waals surface area contributed by atoms with E-state index in [1.807, 2.05) is 11.9 Å². The fourth-order valence-corrected chi connectivity index (χ4v) is 1.60. The summed E-state index contributed by atoms with van der Waals surface area (Å²) < 4.78 is 0. The molecular formula is C10H20N2O. The molecular weight excluding hydrogens is 164 g/mol. The van der Waals surface area contributed by atoms with E-state index in [0.29, 0.717) is 6.42 Å². The second kappa shape index (κ2) is 3.66. The number of carbonyl (C=O) groups excluding carboxylic acids is 1. The molecule has 3 nitrogen and oxygen atoms in total. The minimum Gasteiger partial charge on any atom is -0.344 e. The van der Waals surface area contributed by atoms with Crippen LogP contribution in [0.4, 0.5) is 0 Å². The molecule has 0 spiro atoms. The van der Waals surface area contributed by atoms with Crippen LogP contribution in [0.5, 0.6) is 0 Å². The first kappa shape index (κ1) is 10.5. The Balaban J connectivity index is 2.59. The molecule has 0 aromatic heterocycles. The average Bonchev–Trinajstić information content (AvgIpc) is 2.14. The van der Waals surface area contributed by atoms with Gasteiger partial charge in [-0.3, -0.25) is 9.69 Å². The van der Waals surface area contributed by atoms with E-state index in [-0.39, 0.29) is 11.4 Å². The predicted octanol–water partition coefficient (Wildman–Crippen LogP) is 0.949. The lowest BCUT2D eigenvalue weighted by Crippen LogP contribution is -2.43. The summed E-state index contributed by atoms with van der Waals surface area (Å²) in [6.45, 7) is 9.34. The van der Waals surface area contributed by atoms with Crippen LogP contribution in [0, 0.1) is 0 Å². The molecule has 13 heavy (non-hydrogen) atoms. The highest BCUT2D eigenvalue weighted by Gasteiger charge is 2.25. The molecule has 1 saturated heterocycles. The molecule has 76 valence electrons. The normalized spacial score (nSPS) is 21.8. The van der Waals surface area contributed by atoms with Crippen LogP contribution in [-0.4, -0.2) is 47.9 Å². The molecule has 1 rings (SSSR count). The van der Waals surface area contributed by atoms with E-state index in [1.165, 1.54) is 0 Å². The standard InChI is InChI=1S/C10H20N2O/c1-10(2,3)12-6-5-9(13)11(4)7-8-12/h5-8H2,1-4H3. The Morgan fingerprint density at radius 3 is 2.31 bits per heavy atom. The Morgan fingerprint density at radius 1 is 1.15 bits per heavy atom. The monoisotopic (exact) mass is 184 g/mol. The van der Waals surface area contributed by atoms with Gasteiger partial charge in [-0.1, -0.05) is 0 Å². The van der Waals surface area contributed by atoms with Crippen molar-refractivity contribution in [2.45, 2.75) is 32.7 Å². The molecule has 0 aliphatic carbocycles. The van der Waals surface area contributed by atoms with Crippen molar-refractivity contribution in [2.75, 3.05) is 26.7 Å². The maximum absolute atomic E-state index is 11.4. The summed E-state index contributed by atoms with van der Waals surface area (Å²) in [5.74, 6) is 0.270. The lowest BCUT2D eigenvalue weighted by molar-refractivity contribution is -0.129. The molecule has 0 aromatic rings. The zero-order valence-electron chi connectivity index (χ0n) is 9.13. The molecule has 0 aromatic carbocycles. The van der Waals surface area contributed by atoms with Crippen LogP contribution in [0.3, 0.4) is 0 Å². The zero-order chi connectivity index (χ0) is 10.1. The van der Waals surface area contributed by atoms with Gasteiger partial charge >= 0.3 is 0 Å². The summed E-state index contributed by atoms with van der Waals surface area (Å²) in [7, 11) is 1.88. The third kappa shape index (κ3) is 2.69. The molecule has 0 atom stereocenters. The second-order valence-corrected chi connectivity index (χ2v) is 4.72. The largest absolute Gasteiger partial charge is 0.344 e. The van der Waals surface area contributed by atoms with Crippen molar-refractivity contribution < 1.29 is 4.79 Å². The van der Waals surface area contributed by atoms with Gasteiger partial charge in [0.05, 0.1) is 0 Å². The summed E-state index contributed by atoms with van der Waals surface area (Å²) in [6, 6.07) is 0. The molecule has 1 heterocycles. The molecule has 1 amide bonds. The lowest BCUT2D eigenvalue weighted by Gasteiger charge is -2.34. The van der Waals surface area contributed by atoms with Crippen molar-refractivity contribution in [1.29, 1.82) is 0 Å². The van der Waals surface area contributed by atoms with Gasteiger partial charge in [0.2, 0.25) is 5.91 Å². The van der Waals surface area contributed by atoms with Gasteiger partial charge in [0.25, 0.3) is 0 Å². The number of amides is 1. The first-order valence-corrected chi connectivity index (χ1v) is 4.90. The maximum Gasteiger partial charge on any atom is 0.223 e. The van der Waals surface area contributed by atoms with Gasteiger partial charge in [-0.2, -0.15) is 0 Å². The number of carbonyl (C=O) groups is 1.